The molecule has 0 N–H and O–H groups in total. The van der Waals surface area contributed by atoms with E-state index < -0.39 is 9.84 Å². The number of carbonyl (C=O) groups is 2. The zero-order valence-corrected chi connectivity index (χ0v) is 16.8. The van der Waals surface area contributed by atoms with E-state index in [1.54, 1.807) is 29.2 Å². The maximum Gasteiger partial charge on any atom is 0.223 e. The van der Waals surface area contributed by atoms with Gasteiger partial charge in [0.1, 0.15) is 0 Å². The molecule has 3 rings (SSSR count). The molecule has 1 aliphatic rings. The molecule has 5 nitrogen and oxygen atoms in total. The first-order valence-electron chi connectivity index (χ1n) is 9.53. The summed E-state index contributed by atoms with van der Waals surface area (Å²) in [7, 11) is -3.47. The van der Waals surface area contributed by atoms with Crippen LogP contribution in [0.25, 0.3) is 0 Å². The highest BCUT2D eigenvalue weighted by Crippen LogP contribution is 2.22. The summed E-state index contributed by atoms with van der Waals surface area (Å²) in [6.45, 7) is 2.88. The van der Waals surface area contributed by atoms with E-state index in [-0.39, 0.29) is 34.7 Å². The van der Waals surface area contributed by atoms with Gasteiger partial charge in [-0.2, -0.15) is 0 Å². The standard InChI is InChI=1S/C22H25NO4S/c1-17-7-9-20(10-8-17)28(26,27)16-13-21(24)23-14-11-19(12-15-23)22(25)18-5-3-2-4-6-18/h2-10,19H,11-16H2,1H3. The minimum Gasteiger partial charge on any atom is -0.343 e. The Balaban J connectivity index is 1.51. The van der Waals surface area contributed by atoms with Crippen molar-refractivity contribution in [2.45, 2.75) is 31.1 Å². The van der Waals surface area contributed by atoms with Gasteiger partial charge in [-0.15, -0.1) is 0 Å². The number of nitrogens with zero attached hydrogens (tertiary/aromatic N) is 1. The fourth-order valence-electron chi connectivity index (χ4n) is 3.47. The van der Waals surface area contributed by atoms with E-state index in [9.17, 15) is 18.0 Å². The first-order chi connectivity index (χ1) is 13.4. The lowest BCUT2D eigenvalue weighted by molar-refractivity contribution is -0.132. The van der Waals surface area contributed by atoms with E-state index in [1.807, 2.05) is 37.3 Å². The number of sulfone groups is 1. The van der Waals surface area contributed by atoms with Crippen molar-refractivity contribution < 1.29 is 18.0 Å². The van der Waals surface area contributed by atoms with Crippen LogP contribution in [0.4, 0.5) is 0 Å². The zero-order valence-electron chi connectivity index (χ0n) is 16.0. The molecular formula is C22H25NO4S. The number of benzene rings is 2. The van der Waals surface area contributed by atoms with E-state index in [0.29, 0.717) is 31.5 Å². The van der Waals surface area contributed by atoms with E-state index in [1.165, 1.54) is 0 Å². The lowest BCUT2D eigenvalue weighted by atomic mass is 9.89. The summed E-state index contributed by atoms with van der Waals surface area (Å²) in [4.78, 5) is 26.9. The number of carbonyl (C=O) groups excluding carboxylic acids is 2. The molecule has 2 aromatic carbocycles. The van der Waals surface area contributed by atoms with Crippen molar-refractivity contribution in [2.75, 3.05) is 18.8 Å². The third-order valence-corrected chi connectivity index (χ3v) is 6.97. The highest BCUT2D eigenvalue weighted by Gasteiger charge is 2.28. The van der Waals surface area contributed by atoms with Gasteiger partial charge in [0.05, 0.1) is 10.6 Å². The highest BCUT2D eigenvalue weighted by molar-refractivity contribution is 7.91. The van der Waals surface area contributed by atoms with Crippen molar-refractivity contribution in [2.24, 2.45) is 5.92 Å². The fourth-order valence-corrected chi connectivity index (χ4v) is 4.70. The van der Waals surface area contributed by atoms with E-state index in [0.717, 1.165) is 5.56 Å². The molecule has 1 amide bonds. The SMILES string of the molecule is Cc1ccc(S(=O)(=O)CCC(=O)N2CCC(C(=O)c3ccccc3)CC2)cc1. The second-order valence-electron chi connectivity index (χ2n) is 7.27. The Hall–Kier alpha value is -2.47. The predicted octanol–water partition coefficient (Wildman–Crippen LogP) is 3.28. The largest absolute Gasteiger partial charge is 0.343 e. The number of amides is 1. The van der Waals surface area contributed by atoms with E-state index in [4.69, 9.17) is 0 Å². The Bertz CT molecular complexity index is 928. The number of ketones is 1. The summed E-state index contributed by atoms with van der Waals surface area (Å²) in [5.41, 5.74) is 1.69. The van der Waals surface area contributed by atoms with Crippen molar-refractivity contribution in [3.05, 3.63) is 65.7 Å². The van der Waals surface area contributed by atoms with Crippen LogP contribution in [-0.2, 0) is 14.6 Å². The van der Waals surface area contributed by atoms with Gasteiger partial charge in [0.2, 0.25) is 5.91 Å². The molecule has 1 saturated heterocycles. The third-order valence-electron chi connectivity index (χ3n) is 5.24. The molecule has 148 valence electrons. The van der Waals surface area contributed by atoms with Crippen LogP contribution < -0.4 is 0 Å². The molecule has 0 saturated carbocycles. The third kappa shape index (κ3) is 4.87. The molecule has 1 aliphatic heterocycles. The van der Waals surface area contributed by atoms with E-state index >= 15 is 0 Å². The molecule has 0 bridgehead atoms. The van der Waals surface area contributed by atoms with Crippen molar-refractivity contribution in [1.29, 1.82) is 0 Å². The van der Waals surface area contributed by atoms with E-state index in [2.05, 4.69) is 0 Å². The van der Waals surface area contributed by atoms with Crippen molar-refractivity contribution in [3.63, 3.8) is 0 Å². The van der Waals surface area contributed by atoms with Crippen molar-refractivity contribution in [1.82, 2.24) is 4.90 Å². The molecule has 28 heavy (non-hydrogen) atoms. The van der Waals surface area contributed by atoms with Crippen LogP contribution in [0.1, 0.15) is 35.2 Å². The van der Waals surface area contributed by atoms with Gasteiger partial charge in [-0.05, 0) is 31.9 Å². The molecule has 0 aliphatic carbocycles. The summed E-state index contributed by atoms with van der Waals surface area (Å²) in [5.74, 6) is -0.323. The van der Waals surface area contributed by atoms with Gasteiger partial charge < -0.3 is 4.90 Å². The van der Waals surface area contributed by atoms with Crippen LogP contribution in [0.5, 0.6) is 0 Å². The Labute approximate surface area is 166 Å². The summed E-state index contributed by atoms with van der Waals surface area (Å²) < 4.78 is 24.8. The topological polar surface area (TPSA) is 71.5 Å². The minimum absolute atomic E-state index is 0.0342. The number of rotatable bonds is 6. The van der Waals surface area contributed by atoms with Crippen molar-refractivity contribution in [3.8, 4) is 0 Å². The number of aryl methyl sites for hydroxylation is 1. The average molecular weight is 400 g/mol. The maximum atomic E-state index is 12.5. The Kier molecular flexibility index (Phi) is 6.29. The summed E-state index contributed by atoms with van der Waals surface area (Å²) >= 11 is 0. The van der Waals surface area contributed by atoms with Gasteiger partial charge >= 0.3 is 0 Å². The van der Waals surface area contributed by atoms with Gasteiger partial charge in [0.25, 0.3) is 0 Å². The molecular weight excluding hydrogens is 374 g/mol. The highest BCUT2D eigenvalue weighted by atomic mass is 32.2. The quantitative estimate of drug-likeness (QED) is 0.699. The predicted molar refractivity (Wildman–Crippen MR) is 108 cm³/mol. The van der Waals surface area contributed by atoms with Gasteiger partial charge in [-0.3, -0.25) is 9.59 Å². The molecule has 1 heterocycles. The molecule has 6 heteroatoms. The van der Waals surface area contributed by atoms with Crippen LogP contribution in [0.2, 0.25) is 0 Å². The van der Waals surface area contributed by atoms with Gasteiger partial charge in [-0.1, -0.05) is 48.0 Å². The molecule has 0 unspecified atom stereocenters. The fraction of sp³-hybridized carbons (Fsp3) is 0.364. The number of likely N-dealkylation sites (tertiary alicyclic amines) is 1. The first-order valence-corrected chi connectivity index (χ1v) is 11.2. The normalized spacial score (nSPS) is 15.4. The van der Waals surface area contributed by atoms with Gasteiger partial charge in [-0.25, -0.2) is 8.42 Å². The number of hydrogen-bond donors (Lipinski definition) is 0. The lowest BCUT2D eigenvalue weighted by Gasteiger charge is -2.31. The molecule has 2 aromatic rings. The zero-order chi connectivity index (χ0) is 20.1. The lowest BCUT2D eigenvalue weighted by Crippen LogP contribution is -2.40. The Morgan fingerprint density at radius 2 is 1.57 bits per heavy atom. The van der Waals surface area contributed by atoms with Crippen molar-refractivity contribution >= 4 is 21.5 Å². The minimum atomic E-state index is -3.47. The van der Waals surface area contributed by atoms with Crippen LogP contribution in [-0.4, -0.2) is 43.9 Å². The molecule has 0 atom stereocenters. The van der Waals surface area contributed by atoms with Crippen LogP contribution in [0, 0.1) is 12.8 Å². The Morgan fingerprint density at radius 1 is 0.964 bits per heavy atom. The monoisotopic (exact) mass is 399 g/mol. The van der Waals surface area contributed by atoms with Gasteiger partial charge in [0, 0.05) is 31.0 Å². The maximum absolute atomic E-state index is 12.5. The smallest absolute Gasteiger partial charge is 0.223 e. The molecule has 1 fully saturated rings. The summed E-state index contributed by atoms with van der Waals surface area (Å²) in [6, 6.07) is 15.9. The molecule has 0 aromatic heterocycles. The number of hydrogen-bond acceptors (Lipinski definition) is 4. The first kappa shape index (κ1) is 20.3. The molecule has 0 radical (unpaired) electrons. The van der Waals surface area contributed by atoms with Crippen LogP contribution in [0.3, 0.4) is 0 Å². The summed E-state index contributed by atoms with van der Waals surface area (Å²) in [5, 5.41) is 0. The Morgan fingerprint density at radius 3 is 2.18 bits per heavy atom. The number of Topliss-reactive ketones (excluding diaryl/α,β-unsaturated/α-hetero) is 1. The number of piperidine rings is 1. The summed E-state index contributed by atoms with van der Waals surface area (Å²) in [6.07, 6.45) is 1.20. The average Bonchev–Trinajstić information content (AvgIpc) is 2.72. The van der Waals surface area contributed by atoms with Gasteiger partial charge in [0.15, 0.2) is 15.6 Å². The second kappa shape index (κ2) is 8.69. The van der Waals surface area contributed by atoms with Crippen LogP contribution >= 0.6 is 0 Å². The van der Waals surface area contributed by atoms with Crippen LogP contribution in [0.15, 0.2) is 59.5 Å². The molecule has 0 spiro atoms. The second-order valence-corrected chi connectivity index (χ2v) is 9.38.